The number of rotatable bonds is 4. The molecule has 4 rings (SSSR count). The number of carbonyl (C=O) groups is 1. The highest BCUT2D eigenvalue weighted by molar-refractivity contribution is 5.79. The van der Waals surface area contributed by atoms with Gasteiger partial charge in [0.05, 0.1) is 24.3 Å². The van der Waals surface area contributed by atoms with Crippen LogP contribution in [0.2, 0.25) is 0 Å². The smallest absolute Gasteiger partial charge is 0.267 e. The van der Waals surface area contributed by atoms with Crippen molar-refractivity contribution in [3.05, 3.63) is 28.2 Å². The second-order valence-electron chi connectivity index (χ2n) is 7.39. The van der Waals surface area contributed by atoms with Crippen LogP contribution in [0.5, 0.6) is 0 Å². The topological polar surface area (TPSA) is 73.2 Å². The Morgan fingerprint density at radius 2 is 1.92 bits per heavy atom. The molecule has 1 aromatic rings. The van der Waals surface area contributed by atoms with Crippen molar-refractivity contribution in [2.24, 2.45) is 5.92 Å². The first-order valence-electron chi connectivity index (χ1n) is 9.18. The lowest BCUT2D eigenvalue weighted by Gasteiger charge is -2.30. The number of nitrogens with one attached hydrogen (secondary N) is 1. The number of ether oxygens (including phenoxy) is 1. The summed E-state index contributed by atoms with van der Waals surface area (Å²) >= 11 is 0. The predicted octanol–water partition coefficient (Wildman–Crippen LogP) is 1.76. The molecule has 24 heavy (non-hydrogen) atoms. The van der Waals surface area contributed by atoms with Crippen molar-refractivity contribution in [1.29, 1.82) is 0 Å². The summed E-state index contributed by atoms with van der Waals surface area (Å²) in [6, 6.07) is 3.93. The van der Waals surface area contributed by atoms with Crippen LogP contribution in [0.15, 0.2) is 16.9 Å². The molecule has 1 saturated heterocycles. The highest BCUT2D eigenvalue weighted by Crippen LogP contribution is 2.38. The van der Waals surface area contributed by atoms with E-state index in [-0.39, 0.29) is 29.5 Å². The minimum absolute atomic E-state index is 0.00464. The van der Waals surface area contributed by atoms with Gasteiger partial charge in [0, 0.05) is 24.6 Å². The predicted molar refractivity (Wildman–Crippen MR) is 88.8 cm³/mol. The van der Waals surface area contributed by atoms with E-state index >= 15 is 0 Å². The highest BCUT2D eigenvalue weighted by atomic mass is 16.5. The maximum Gasteiger partial charge on any atom is 0.267 e. The van der Waals surface area contributed by atoms with Crippen LogP contribution in [0.3, 0.4) is 0 Å². The normalized spacial score (nSPS) is 30.2. The van der Waals surface area contributed by atoms with Crippen LogP contribution in [-0.4, -0.2) is 34.9 Å². The molecular formula is C18H25N3O3. The fourth-order valence-electron chi connectivity index (χ4n) is 3.82. The number of hydrogen-bond acceptors (Lipinski definition) is 4. The standard InChI is InChI=1S/C18H25N3O3/c22-17-8-7-16(12-1-2-12)20-21(17)15-5-3-14(4-6-15)19-18(23)13-9-10-24-11-13/h7-8,12-15H,1-6,9-11H2,(H,19,23). The second-order valence-corrected chi connectivity index (χ2v) is 7.39. The van der Waals surface area contributed by atoms with E-state index in [1.807, 2.05) is 6.07 Å². The average molecular weight is 331 g/mol. The molecule has 2 saturated carbocycles. The van der Waals surface area contributed by atoms with Gasteiger partial charge in [-0.25, -0.2) is 4.68 Å². The summed E-state index contributed by atoms with van der Waals surface area (Å²) in [4.78, 5) is 24.4. The molecular weight excluding hydrogens is 306 g/mol. The summed E-state index contributed by atoms with van der Waals surface area (Å²) in [6.07, 6.45) is 6.82. The maximum absolute atomic E-state index is 12.2. The Kier molecular flexibility index (Phi) is 4.39. The fraction of sp³-hybridized carbons (Fsp3) is 0.722. The van der Waals surface area contributed by atoms with Crippen molar-refractivity contribution < 1.29 is 9.53 Å². The van der Waals surface area contributed by atoms with E-state index in [2.05, 4.69) is 10.4 Å². The van der Waals surface area contributed by atoms with Gasteiger partial charge in [0.2, 0.25) is 5.91 Å². The van der Waals surface area contributed by atoms with E-state index in [1.165, 1.54) is 12.8 Å². The average Bonchev–Trinajstić information content (AvgIpc) is 3.30. The van der Waals surface area contributed by atoms with E-state index in [0.717, 1.165) is 37.8 Å². The number of hydrogen-bond donors (Lipinski definition) is 1. The Bertz CT molecular complexity index is 654. The van der Waals surface area contributed by atoms with Crippen molar-refractivity contribution in [2.45, 2.75) is 62.9 Å². The molecule has 1 amide bonds. The van der Waals surface area contributed by atoms with Gasteiger partial charge in [0.15, 0.2) is 0 Å². The third-order valence-corrected chi connectivity index (χ3v) is 5.53. The first-order chi connectivity index (χ1) is 11.7. The Balaban J connectivity index is 1.35. The zero-order valence-electron chi connectivity index (χ0n) is 13.9. The summed E-state index contributed by atoms with van der Waals surface area (Å²) in [6.45, 7) is 1.24. The summed E-state index contributed by atoms with van der Waals surface area (Å²) in [7, 11) is 0. The zero-order valence-corrected chi connectivity index (χ0v) is 13.9. The molecule has 0 bridgehead atoms. The number of carbonyl (C=O) groups excluding carboxylic acids is 1. The van der Waals surface area contributed by atoms with Gasteiger partial charge in [-0.15, -0.1) is 0 Å². The monoisotopic (exact) mass is 331 g/mol. The van der Waals surface area contributed by atoms with Gasteiger partial charge >= 0.3 is 0 Å². The van der Waals surface area contributed by atoms with Gasteiger partial charge in [-0.3, -0.25) is 9.59 Å². The highest BCUT2D eigenvalue weighted by Gasteiger charge is 2.30. The van der Waals surface area contributed by atoms with E-state index in [0.29, 0.717) is 19.1 Å². The van der Waals surface area contributed by atoms with E-state index in [9.17, 15) is 9.59 Å². The SMILES string of the molecule is O=C(NC1CCC(n2nc(C3CC3)ccc2=O)CC1)C1CCOC1. The van der Waals surface area contributed by atoms with Crippen LogP contribution < -0.4 is 10.9 Å². The van der Waals surface area contributed by atoms with E-state index in [1.54, 1.807) is 10.7 Å². The van der Waals surface area contributed by atoms with Gasteiger partial charge in [0.1, 0.15) is 0 Å². The second kappa shape index (κ2) is 6.67. The van der Waals surface area contributed by atoms with Crippen LogP contribution in [0.25, 0.3) is 0 Å². The Hall–Kier alpha value is -1.69. The molecule has 1 aliphatic heterocycles. The lowest BCUT2D eigenvalue weighted by molar-refractivity contribution is -0.125. The van der Waals surface area contributed by atoms with Crippen molar-refractivity contribution in [3.63, 3.8) is 0 Å². The van der Waals surface area contributed by atoms with Crippen LogP contribution in [-0.2, 0) is 9.53 Å². The maximum atomic E-state index is 12.2. The molecule has 1 N–H and O–H groups in total. The molecule has 3 fully saturated rings. The Morgan fingerprint density at radius 3 is 2.58 bits per heavy atom. The lowest BCUT2D eigenvalue weighted by atomic mass is 9.90. The number of nitrogens with zero attached hydrogens (tertiary/aromatic N) is 2. The van der Waals surface area contributed by atoms with Crippen molar-refractivity contribution >= 4 is 5.91 Å². The Morgan fingerprint density at radius 1 is 1.12 bits per heavy atom. The van der Waals surface area contributed by atoms with Gasteiger partial charge in [0.25, 0.3) is 5.56 Å². The van der Waals surface area contributed by atoms with Gasteiger partial charge < -0.3 is 10.1 Å². The molecule has 0 aromatic carbocycles. The molecule has 1 atom stereocenters. The molecule has 0 radical (unpaired) electrons. The molecule has 2 aliphatic carbocycles. The number of aromatic nitrogens is 2. The third-order valence-electron chi connectivity index (χ3n) is 5.53. The minimum Gasteiger partial charge on any atom is -0.381 e. The summed E-state index contributed by atoms with van der Waals surface area (Å²) in [5.74, 6) is 0.699. The summed E-state index contributed by atoms with van der Waals surface area (Å²) in [5.41, 5.74) is 1.06. The summed E-state index contributed by atoms with van der Waals surface area (Å²) < 4.78 is 6.97. The third kappa shape index (κ3) is 3.38. The molecule has 3 aliphatic rings. The van der Waals surface area contributed by atoms with Gasteiger partial charge in [-0.05, 0) is 51.0 Å². The van der Waals surface area contributed by atoms with Gasteiger partial charge in [-0.2, -0.15) is 5.10 Å². The van der Waals surface area contributed by atoms with Crippen molar-refractivity contribution in [2.75, 3.05) is 13.2 Å². The van der Waals surface area contributed by atoms with E-state index in [4.69, 9.17) is 4.74 Å². The molecule has 6 heteroatoms. The molecule has 1 aromatic heterocycles. The molecule has 0 spiro atoms. The number of amides is 1. The Labute approximate surface area is 141 Å². The fourth-order valence-corrected chi connectivity index (χ4v) is 3.82. The van der Waals surface area contributed by atoms with Crippen LogP contribution in [0.1, 0.15) is 62.6 Å². The molecule has 6 nitrogen and oxygen atoms in total. The first kappa shape index (κ1) is 15.8. The van der Waals surface area contributed by atoms with E-state index < -0.39 is 0 Å². The largest absolute Gasteiger partial charge is 0.381 e. The van der Waals surface area contributed by atoms with Crippen LogP contribution in [0.4, 0.5) is 0 Å². The van der Waals surface area contributed by atoms with Crippen molar-refractivity contribution in [3.8, 4) is 0 Å². The molecule has 1 unspecified atom stereocenters. The molecule has 130 valence electrons. The van der Waals surface area contributed by atoms with Gasteiger partial charge in [-0.1, -0.05) is 0 Å². The quantitative estimate of drug-likeness (QED) is 0.912. The minimum atomic E-state index is -0.00464. The summed E-state index contributed by atoms with van der Waals surface area (Å²) in [5, 5.41) is 7.77. The zero-order chi connectivity index (χ0) is 16.5. The molecule has 2 heterocycles. The first-order valence-corrected chi connectivity index (χ1v) is 9.18. The van der Waals surface area contributed by atoms with Crippen LogP contribution in [0, 0.1) is 5.92 Å². The van der Waals surface area contributed by atoms with Crippen molar-refractivity contribution in [1.82, 2.24) is 15.1 Å². The lowest BCUT2D eigenvalue weighted by Crippen LogP contribution is -2.42. The van der Waals surface area contributed by atoms with Crippen LogP contribution >= 0.6 is 0 Å².